The molecule has 5 nitrogen and oxygen atoms in total. The Morgan fingerprint density at radius 2 is 2.00 bits per heavy atom. The Labute approximate surface area is 120 Å². The molecule has 0 aliphatic rings. The molecule has 2 aromatic rings. The number of hydrogen-bond donors (Lipinski definition) is 2. The number of carboxylic acids is 1. The molecule has 0 fully saturated rings. The highest BCUT2D eigenvalue weighted by Crippen LogP contribution is 2.16. The van der Waals surface area contributed by atoms with Gasteiger partial charge in [-0.3, -0.25) is 4.79 Å². The average molecular weight is 291 g/mol. The first-order valence-electron chi connectivity index (χ1n) is 5.73. The zero-order valence-electron chi connectivity index (χ0n) is 10.6. The molecule has 20 heavy (non-hydrogen) atoms. The van der Waals surface area contributed by atoms with Gasteiger partial charge in [0, 0.05) is 10.6 Å². The van der Waals surface area contributed by atoms with Gasteiger partial charge >= 0.3 is 5.97 Å². The minimum absolute atomic E-state index is 0.0819. The van der Waals surface area contributed by atoms with Crippen LogP contribution in [0.15, 0.2) is 36.5 Å². The summed E-state index contributed by atoms with van der Waals surface area (Å²) in [4.78, 5) is 26.4. The van der Waals surface area contributed by atoms with Crippen LogP contribution in [-0.2, 0) is 0 Å². The van der Waals surface area contributed by atoms with E-state index in [1.54, 1.807) is 18.2 Å². The molecule has 2 rings (SSSR count). The van der Waals surface area contributed by atoms with E-state index in [1.165, 1.54) is 18.3 Å². The molecular formula is C14H11ClN2O3. The van der Waals surface area contributed by atoms with Crippen molar-refractivity contribution in [2.24, 2.45) is 0 Å². The number of aromatic carboxylic acids is 1. The van der Waals surface area contributed by atoms with Crippen molar-refractivity contribution in [2.75, 3.05) is 5.32 Å². The number of hydrogen-bond acceptors (Lipinski definition) is 3. The molecule has 1 aromatic heterocycles. The number of aromatic nitrogens is 1. The summed E-state index contributed by atoms with van der Waals surface area (Å²) in [5.41, 5.74) is 1.64. The Balaban J connectivity index is 2.16. The molecule has 0 unspecified atom stereocenters. The summed E-state index contributed by atoms with van der Waals surface area (Å²) in [7, 11) is 0. The molecule has 0 saturated heterocycles. The lowest BCUT2D eigenvalue weighted by Gasteiger charge is -2.06. The highest BCUT2D eigenvalue weighted by atomic mass is 35.5. The molecule has 0 bridgehead atoms. The topological polar surface area (TPSA) is 79.3 Å². The monoisotopic (exact) mass is 290 g/mol. The van der Waals surface area contributed by atoms with Crippen molar-refractivity contribution in [3.63, 3.8) is 0 Å². The first-order chi connectivity index (χ1) is 9.45. The Kier molecular flexibility index (Phi) is 4.00. The number of aryl methyl sites for hydroxylation is 1. The van der Waals surface area contributed by atoms with Crippen LogP contribution in [0.25, 0.3) is 0 Å². The largest absolute Gasteiger partial charge is 0.477 e. The van der Waals surface area contributed by atoms with Crippen LogP contribution < -0.4 is 5.32 Å². The Hall–Kier alpha value is -2.40. The summed E-state index contributed by atoms with van der Waals surface area (Å²) in [6, 6.07) is 7.82. The molecule has 0 radical (unpaired) electrons. The second-order valence-electron chi connectivity index (χ2n) is 4.21. The molecule has 1 amide bonds. The van der Waals surface area contributed by atoms with Crippen LogP contribution in [0.4, 0.5) is 5.69 Å². The van der Waals surface area contributed by atoms with E-state index in [-0.39, 0.29) is 11.6 Å². The number of nitrogens with zero attached hydrogens (tertiary/aromatic N) is 1. The van der Waals surface area contributed by atoms with Crippen LogP contribution in [0.5, 0.6) is 0 Å². The van der Waals surface area contributed by atoms with Crippen molar-refractivity contribution in [1.29, 1.82) is 0 Å². The van der Waals surface area contributed by atoms with Gasteiger partial charge in [0.15, 0.2) is 0 Å². The van der Waals surface area contributed by atoms with Crippen LogP contribution >= 0.6 is 11.6 Å². The van der Waals surface area contributed by atoms with Crippen molar-refractivity contribution in [1.82, 2.24) is 4.98 Å². The number of carbonyl (C=O) groups excluding carboxylic acids is 1. The fourth-order valence-electron chi connectivity index (χ4n) is 1.67. The van der Waals surface area contributed by atoms with Gasteiger partial charge in [-0.15, -0.1) is 0 Å². The van der Waals surface area contributed by atoms with Crippen LogP contribution in [0.2, 0.25) is 5.02 Å². The third kappa shape index (κ3) is 3.33. The minimum Gasteiger partial charge on any atom is -0.477 e. The number of anilines is 1. The first-order valence-corrected chi connectivity index (χ1v) is 6.11. The number of halogens is 1. The van der Waals surface area contributed by atoms with Gasteiger partial charge in [0.05, 0.1) is 11.9 Å². The number of benzene rings is 1. The van der Waals surface area contributed by atoms with E-state index in [4.69, 9.17) is 16.7 Å². The van der Waals surface area contributed by atoms with Crippen molar-refractivity contribution in [2.45, 2.75) is 6.92 Å². The summed E-state index contributed by atoms with van der Waals surface area (Å²) in [6.45, 7) is 1.84. The molecule has 0 aliphatic carbocycles. The lowest BCUT2D eigenvalue weighted by Crippen LogP contribution is -2.12. The van der Waals surface area contributed by atoms with E-state index < -0.39 is 5.97 Å². The zero-order valence-corrected chi connectivity index (χ0v) is 11.3. The van der Waals surface area contributed by atoms with Gasteiger partial charge in [0.1, 0.15) is 5.69 Å². The number of pyridine rings is 1. The maximum absolute atomic E-state index is 12.0. The van der Waals surface area contributed by atoms with E-state index in [1.807, 2.05) is 6.92 Å². The summed E-state index contributed by atoms with van der Waals surface area (Å²) in [5, 5.41) is 11.8. The predicted molar refractivity (Wildman–Crippen MR) is 75.3 cm³/mol. The number of rotatable bonds is 3. The summed E-state index contributed by atoms with van der Waals surface area (Å²) in [5.74, 6) is -1.45. The summed E-state index contributed by atoms with van der Waals surface area (Å²) < 4.78 is 0. The fraction of sp³-hybridized carbons (Fsp3) is 0.0714. The SMILES string of the molecule is Cc1cc(Cl)cc(C(=O)Nc2ccc(C(=O)O)nc2)c1. The quantitative estimate of drug-likeness (QED) is 0.911. The van der Waals surface area contributed by atoms with E-state index in [2.05, 4.69) is 10.3 Å². The molecule has 6 heteroatoms. The van der Waals surface area contributed by atoms with E-state index in [9.17, 15) is 9.59 Å². The van der Waals surface area contributed by atoms with Crippen LogP contribution in [-0.4, -0.2) is 22.0 Å². The second kappa shape index (κ2) is 5.71. The minimum atomic E-state index is -1.12. The third-order valence-corrected chi connectivity index (χ3v) is 2.76. The van der Waals surface area contributed by atoms with Crippen molar-refractivity contribution < 1.29 is 14.7 Å². The lowest BCUT2D eigenvalue weighted by atomic mass is 10.1. The van der Waals surface area contributed by atoms with E-state index in [0.29, 0.717) is 16.3 Å². The standard InChI is InChI=1S/C14H11ClN2O3/c1-8-4-9(6-10(15)5-8)13(18)17-11-2-3-12(14(19)20)16-7-11/h2-7H,1H3,(H,17,18)(H,19,20). The van der Waals surface area contributed by atoms with Gasteiger partial charge in [-0.2, -0.15) is 0 Å². The van der Waals surface area contributed by atoms with Crippen molar-refractivity contribution >= 4 is 29.2 Å². The molecule has 0 atom stereocenters. The predicted octanol–water partition coefficient (Wildman–Crippen LogP) is 2.99. The van der Waals surface area contributed by atoms with Gasteiger partial charge in [-0.05, 0) is 42.8 Å². The Morgan fingerprint density at radius 3 is 2.55 bits per heavy atom. The normalized spacial score (nSPS) is 10.1. The first kappa shape index (κ1) is 14.0. The fourth-order valence-corrected chi connectivity index (χ4v) is 1.95. The number of nitrogens with one attached hydrogen (secondary N) is 1. The molecule has 0 saturated carbocycles. The van der Waals surface area contributed by atoms with E-state index >= 15 is 0 Å². The van der Waals surface area contributed by atoms with Gasteiger partial charge < -0.3 is 10.4 Å². The lowest BCUT2D eigenvalue weighted by molar-refractivity contribution is 0.0690. The van der Waals surface area contributed by atoms with E-state index in [0.717, 1.165) is 5.56 Å². The van der Waals surface area contributed by atoms with Gasteiger partial charge in [0.25, 0.3) is 5.91 Å². The van der Waals surface area contributed by atoms with Crippen LogP contribution in [0.3, 0.4) is 0 Å². The Bertz CT molecular complexity index is 648. The number of carboxylic acid groups (broad SMARTS) is 1. The van der Waals surface area contributed by atoms with Gasteiger partial charge in [0.2, 0.25) is 0 Å². The van der Waals surface area contributed by atoms with Crippen molar-refractivity contribution in [3.05, 3.63) is 58.4 Å². The Morgan fingerprint density at radius 1 is 1.25 bits per heavy atom. The number of carbonyl (C=O) groups is 2. The van der Waals surface area contributed by atoms with Gasteiger partial charge in [-0.1, -0.05) is 11.6 Å². The highest BCUT2D eigenvalue weighted by molar-refractivity contribution is 6.31. The maximum atomic E-state index is 12.0. The van der Waals surface area contributed by atoms with Crippen LogP contribution in [0, 0.1) is 6.92 Å². The third-order valence-electron chi connectivity index (χ3n) is 2.54. The molecule has 2 N–H and O–H groups in total. The molecule has 102 valence electrons. The molecule has 1 heterocycles. The average Bonchev–Trinajstić information content (AvgIpc) is 2.38. The summed E-state index contributed by atoms with van der Waals surface area (Å²) in [6.07, 6.45) is 1.29. The highest BCUT2D eigenvalue weighted by Gasteiger charge is 2.09. The molecular weight excluding hydrogens is 280 g/mol. The zero-order chi connectivity index (χ0) is 14.7. The summed E-state index contributed by atoms with van der Waals surface area (Å²) >= 11 is 5.90. The molecule has 0 spiro atoms. The second-order valence-corrected chi connectivity index (χ2v) is 4.65. The smallest absolute Gasteiger partial charge is 0.354 e. The molecule has 0 aliphatic heterocycles. The van der Waals surface area contributed by atoms with Gasteiger partial charge in [-0.25, -0.2) is 9.78 Å². The van der Waals surface area contributed by atoms with Crippen molar-refractivity contribution in [3.8, 4) is 0 Å². The molecule has 1 aromatic carbocycles. The number of amides is 1. The maximum Gasteiger partial charge on any atom is 0.354 e. The van der Waals surface area contributed by atoms with Crippen LogP contribution in [0.1, 0.15) is 26.4 Å².